The molecule has 1 heterocycles. The molecule has 0 aromatic heterocycles. The lowest BCUT2D eigenvalue weighted by molar-refractivity contribution is -0.192. The number of carboxylic acids is 1. The molecule has 1 saturated carbocycles. The lowest BCUT2D eigenvalue weighted by Crippen LogP contribution is -2.56. The average Bonchev–Trinajstić information content (AvgIpc) is 3.13. The predicted octanol–water partition coefficient (Wildman–Crippen LogP) is 3.09. The Labute approximate surface area is 157 Å². The standard InChI is InChI=1S/C20H35NO5/c1-3-25-19(24)20(26-4-2,14-16-10-6-5-7-11-16)17(18(22)23)15-21-12-8-9-13-21/h16-17H,3-15H2,1-2H3,(H,22,23). The minimum Gasteiger partial charge on any atom is -0.481 e. The molecule has 2 rings (SSSR count). The maximum absolute atomic E-state index is 13.0. The van der Waals surface area contributed by atoms with Gasteiger partial charge in [-0.05, 0) is 52.1 Å². The zero-order chi connectivity index (χ0) is 19.0. The molecule has 1 aliphatic heterocycles. The molecule has 1 saturated heterocycles. The first-order valence-electron chi connectivity index (χ1n) is 10.3. The summed E-state index contributed by atoms with van der Waals surface area (Å²) in [6.07, 6.45) is 8.16. The van der Waals surface area contributed by atoms with E-state index in [1.165, 1.54) is 6.42 Å². The van der Waals surface area contributed by atoms with Crippen molar-refractivity contribution in [2.24, 2.45) is 11.8 Å². The fraction of sp³-hybridized carbons (Fsp3) is 0.900. The second-order valence-corrected chi connectivity index (χ2v) is 7.65. The third-order valence-corrected chi connectivity index (χ3v) is 5.84. The summed E-state index contributed by atoms with van der Waals surface area (Å²) in [7, 11) is 0. The highest BCUT2D eigenvalue weighted by Crippen LogP contribution is 2.38. The summed E-state index contributed by atoms with van der Waals surface area (Å²) in [5, 5.41) is 10.0. The van der Waals surface area contributed by atoms with Crippen LogP contribution in [0.2, 0.25) is 0 Å². The number of carbonyl (C=O) groups is 2. The van der Waals surface area contributed by atoms with Crippen LogP contribution in [0.4, 0.5) is 0 Å². The largest absolute Gasteiger partial charge is 0.481 e. The van der Waals surface area contributed by atoms with Crippen LogP contribution in [0, 0.1) is 11.8 Å². The van der Waals surface area contributed by atoms with Crippen molar-refractivity contribution in [1.29, 1.82) is 0 Å². The summed E-state index contributed by atoms with van der Waals surface area (Å²) in [5.74, 6) is -2.05. The van der Waals surface area contributed by atoms with Crippen LogP contribution in [-0.4, -0.2) is 60.4 Å². The van der Waals surface area contributed by atoms with Crippen molar-refractivity contribution >= 4 is 11.9 Å². The molecule has 150 valence electrons. The van der Waals surface area contributed by atoms with E-state index in [2.05, 4.69) is 4.90 Å². The van der Waals surface area contributed by atoms with Crippen LogP contribution in [0.25, 0.3) is 0 Å². The second kappa shape index (κ2) is 10.3. The number of carboxylic acid groups (broad SMARTS) is 1. The van der Waals surface area contributed by atoms with Crippen LogP contribution in [0.3, 0.4) is 0 Å². The number of rotatable bonds is 10. The molecule has 2 aliphatic rings. The molecule has 0 spiro atoms. The monoisotopic (exact) mass is 369 g/mol. The van der Waals surface area contributed by atoms with Crippen LogP contribution in [0.5, 0.6) is 0 Å². The van der Waals surface area contributed by atoms with E-state index in [1.54, 1.807) is 6.92 Å². The molecule has 1 aliphatic carbocycles. The van der Waals surface area contributed by atoms with Gasteiger partial charge in [0, 0.05) is 13.2 Å². The molecule has 0 aromatic carbocycles. The van der Waals surface area contributed by atoms with Gasteiger partial charge in [-0.2, -0.15) is 0 Å². The molecule has 0 amide bonds. The number of hydrogen-bond acceptors (Lipinski definition) is 5. The quantitative estimate of drug-likeness (QED) is 0.596. The first kappa shape index (κ1) is 21.2. The number of nitrogens with zero attached hydrogens (tertiary/aromatic N) is 1. The maximum Gasteiger partial charge on any atom is 0.339 e. The molecular weight excluding hydrogens is 334 g/mol. The van der Waals surface area contributed by atoms with E-state index in [0.29, 0.717) is 25.5 Å². The van der Waals surface area contributed by atoms with Gasteiger partial charge in [0.15, 0.2) is 5.60 Å². The van der Waals surface area contributed by atoms with Gasteiger partial charge < -0.3 is 19.5 Å². The van der Waals surface area contributed by atoms with Crippen molar-refractivity contribution in [3.05, 3.63) is 0 Å². The minimum absolute atomic E-state index is 0.231. The SMILES string of the molecule is CCOC(=O)C(CC1CCCCC1)(OCC)C(CN1CCCC1)C(=O)O. The molecule has 1 N–H and O–H groups in total. The Hall–Kier alpha value is -1.14. The highest BCUT2D eigenvalue weighted by atomic mass is 16.6. The fourth-order valence-electron chi connectivity index (χ4n) is 4.57. The van der Waals surface area contributed by atoms with Crippen LogP contribution in [-0.2, 0) is 19.1 Å². The van der Waals surface area contributed by atoms with Crippen molar-refractivity contribution in [1.82, 2.24) is 4.90 Å². The number of carbonyl (C=O) groups excluding carboxylic acids is 1. The molecule has 26 heavy (non-hydrogen) atoms. The van der Waals surface area contributed by atoms with Crippen LogP contribution in [0.1, 0.15) is 65.2 Å². The lowest BCUT2D eigenvalue weighted by atomic mass is 9.74. The van der Waals surface area contributed by atoms with E-state index in [4.69, 9.17) is 9.47 Å². The lowest BCUT2D eigenvalue weighted by Gasteiger charge is -2.40. The summed E-state index contributed by atoms with van der Waals surface area (Å²) in [5.41, 5.74) is -1.39. The minimum atomic E-state index is -1.39. The van der Waals surface area contributed by atoms with E-state index in [9.17, 15) is 14.7 Å². The summed E-state index contributed by atoms with van der Waals surface area (Å²) in [6.45, 7) is 6.23. The highest BCUT2D eigenvalue weighted by Gasteiger charge is 2.53. The molecule has 2 fully saturated rings. The van der Waals surface area contributed by atoms with Gasteiger partial charge in [0.1, 0.15) is 5.92 Å². The first-order valence-corrected chi connectivity index (χ1v) is 10.3. The molecule has 2 unspecified atom stereocenters. The maximum atomic E-state index is 13.0. The van der Waals surface area contributed by atoms with Gasteiger partial charge in [0.25, 0.3) is 0 Å². The van der Waals surface area contributed by atoms with Crippen molar-refractivity contribution in [3.8, 4) is 0 Å². The molecule has 0 aromatic rings. The van der Waals surface area contributed by atoms with E-state index in [-0.39, 0.29) is 6.61 Å². The predicted molar refractivity (Wildman–Crippen MR) is 99.0 cm³/mol. The van der Waals surface area contributed by atoms with Gasteiger partial charge in [0.2, 0.25) is 0 Å². The normalized spacial score (nSPS) is 22.7. The van der Waals surface area contributed by atoms with Gasteiger partial charge in [-0.15, -0.1) is 0 Å². The molecular formula is C20H35NO5. The Kier molecular flexibility index (Phi) is 8.35. The Morgan fingerprint density at radius 3 is 2.27 bits per heavy atom. The number of likely N-dealkylation sites (tertiary alicyclic amines) is 1. The van der Waals surface area contributed by atoms with Crippen molar-refractivity contribution < 1.29 is 24.2 Å². The van der Waals surface area contributed by atoms with Crippen LogP contribution < -0.4 is 0 Å². The van der Waals surface area contributed by atoms with Gasteiger partial charge in [-0.3, -0.25) is 4.79 Å². The van der Waals surface area contributed by atoms with Gasteiger partial charge in [0.05, 0.1) is 6.61 Å². The van der Waals surface area contributed by atoms with E-state index in [1.807, 2.05) is 6.92 Å². The van der Waals surface area contributed by atoms with E-state index in [0.717, 1.165) is 51.6 Å². The molecule has 6 nitrogen and oxygen atoms in total. The van der Waals surface area contributed by atoms with E-state index >= 15 is 0 Å². The zero-order valence-electron chi connectivity index (χ0n) is 16.4. The van der Waals surface area contributed by atoms with Crippen LogP contribution in [0.15, 0.2) is 0 Å². The molecule has 0 bridgehead atoms. The van der Waals surface area contributed by atoms with Crippen molar-refractivity contribution in [2.45, 2.75) is 70.8 Å². The van der Waals surface area contributed by atoms with Gasteiger partial charge in [-0.25, -0.2) is 4.79 Å². The summed E-state index contributed by atoms with van der Waals surface area (Å²) < 4.78 is 11.3. The summed E-state index contributed by atoms with van der Waals surface area (Å²) in [6, 6.07) is 0. The Bertz CT molecular complexity index is 457. The number of aliphatic carboxylic acids is 1. The summed E-state index contributed by atoms with van der Waals surface area (Å²) in [4.78, 5) is 27.4. The van der Waals surface area contributed by atoms with E-state index < -0.39 is 23.5 Å². The highest BCUT2D eigenvalue weighted by molar-refractivity contribution is 5.87. The van der Waals surface area contributed by atoms with Crippen LogP contribution >= 0.6 is 0 Å². The van der Waals surface area contributed by atoms with Gasteiger partial charge in [-0.1, -0.05) is 32.1 Å². The Balaban J connectivity index is 2.31. The third kappa shape index (κ3) is 5.19. The number of hydrogen-bond donors (Lipinski definition) is 1. The Morgan fingerprint density at radius 1 is 1.08 bits per heavy atom. The second-order valence-electron chi connectivity index (χ2n) is 7.65. The zero-order valence-corrected chi connectivity index (χ0v) is 16.4. The average molecular weight is 370 g/mol. The fourth-order valence-corrected chi connectivity index (χ4v) is 4.57. The number of ether oxygens (including phenoxy) is 2. The first-order chi connectivity index (χ1) is 12.5. The molecule has 2 atom stereocenters. The number of esters is 1. The molecule has 0 radical (unpaired) electrons. The Morgan fingerprint density at radius 2 is 1.73 bits per heavy atom. The van der Waals surface area contributed by atoms with Crippen molar-refractivity contribution in [2.75, 3.05) is 32.8 Å². The summed E-state index contributed by atoms with van der Waals surface area (Å²) >= 11 is 0. The third-order valence-electron chi connectivity index (χ3n) is 5.84. The van der Waals surface area contributed by atoms with Crippen molar-refractivity contribution in [3.63, 3.8) is 0 Å². The topological polar surface area (TPSA) is 76.1 Å². The van der Waals surface area contributed by atoms with Gasteiger partial charge >= 0.3 is 11.9 Å². The smallest absolute Gasteiger partial charge is 0.339 e. The molecule has 6 heteroatoms.